The molecule has 164 valence electrons. The molecule has 0 saturated carbocycles. The van der Waals surface area contributed by atoms with Crippen molar-refractivity contribution in [2.45, 2.75) is 19.6 Å². The number of anilines is 2. The zero-order valence-electron chi connectivity index (χ0n) is 17.7. The lowest BCUT2D eigenvalue weighted by atomic mass is 10.1. The first-order chi connectivity index (χ1) is 15.3. The minimum Gasteiger partial charge on any atom is -0.302 e. The van der Waals surface area contributed by atoms with Crippen LogP contribution in [0.25, 0.3) is 0 Å². The first kappa shape index (κ1) is 21.8. The molecule has 1 aliphatic rings. The second kappa shape index (κ2) is 8.59. The number of aliphatic imine (C=N–C) groups is 1. The van der Waals surface area contributed by atoms with Crippen molar-refractivity contribution in [2.24, 2.45) is 4.99 Å². The number of hydrogen-bond acceptors (Lipinski definition) is 3. The van der Waals surface area contributed by atoms with Gasteiger partial charge >= 0.3 is 6.18 Å². The maximum absolute atomic E-state index is 13.4. The minimum absolute atomic E-state index is 0.0816. The number of para-hydroxylation sites is 1. The van der Waals surface area contributed by atoms with Crippen LogP contribution in [-0.4, -0.2) is 30.1 Å². The minimum atomic E-state index is -4.48. The fourth-order valence-corrected chi connectivity index (χ4v) is 3.66. The van der Waals surface area contributed by atoms with Crippen molar-refractivity contribution < 1.29 is 18.0 Å². The van der Waals surface area contributed by atoms with E-state index in [-0.39, 0.29) is 17.3 Å². The smallest absolute Gasteiger partial charge is 0.302 e. The summed E-state index contributed by atoms with van der Waals surface area (Å²) < 4.78 is 39.3. The maximum atomic E-state index is 13.4. The van der Waals surface area contributed by atoms with Crippen molar-refractivity contribution >= 4 is 28.7 Å². The molecule has 32 heavy (non-hydrogen) atoms. The summed E-state index contributed by atoms with van der Waals surface area (Å²) >= 11 is 0. The molecule has 0 fully saturated rings. The van der Waals surface area contributed by atoms with Crippen LogP contribution in [0.5, 0.6) is 0 Å². The SMILES string of the molecule is CCN(C)Cc1cccc(N2C(=O)C(=Nc3cccc(C(F)(F)F)c3)c3ccccc32)c1. The van der Waals surface area contributed by atoms with Gasteiger partial charge < -0.3 is 4.90 Å². The molecule has 0 aromatic heterocycles. The number of halogens is 3. The molecule has 1 aliphatic heterocycles. The van der Waals surface area contributed by atoms with Crippen LogP contribution >= 0.6 is 0 Å². The second-order valence-corrected chi connectivity index (χ2v) is 7.67. The van der Waals surface area contributed by atoms with Crippen LogP contribution in [0, 0.1) is 0 Å². The lowest BCUT2D eigenvalue weighted by Gasteiger charge is -2.19. The summed E-state index contributed by atoms with van der Waals surface area (Å²) in [6.45, 7) is 3.70. The topological polar surface area (TPSA) is 35.9 Å². The molecule has 3 aromatic rings. The van der Waals surface area contributed by atoms with E-state index in [9.17, 15) is 18.0 Å². The summed E-state index contributed by atoms with van der Waals surface area (Å²) in [6.07, 6.45) is -4.48. The van der Waals surface area contributed by atoms with E-state index in [2.05, 4.69) is 16.8 Å². The van der Waals surface area contributed by atoms with E-state index in [1.807, 2.05) is 43.4 Å². The number of fused-ring (bicyclic) bond motifs is 1. The third-order valence-corrected chi connectivity index (χ3v) is 5.38. The molecule has 3 aromatic carbocycles. The van der Waals surface area contributed by atoms with E-state index < -0.39 is 11.7 Å². The normalized spacial score (nSPS) is 15.0. The molecule has 0 spiro atoms. The van der Waals surface area contributed by atoms with Crippen LogP contribution in [0.3, 0.4) is 0 Å². The zero-order valence-corrected chi connectivity index (χ0v) is 17.7. The second-order valence-electron chi connectivity index (χ2n) is 7.67. The van der Waals surface area contributed by atoms with Gasteiger partial charge in [0, 0.05) is 17.8 Å². The summed E-state index contributed by atoms with van der Waals surface area (Å²) in [5, 5.41) is 0. The van der Waals surface area contributed by atoms with Gasteiger partial charge in [0.05, 0.1) is 16.9 Å². The first-order valence-corrected chi connectivity index (χ1v) is 10.2. The van der Waals surface area contributed by atoms with Gasteiger partial charge in [0.15, 0.2) is 0 Å². The van der Waals surface area contributed by atoms with Gasteiger partial charge in [0.2, 0.25) is 0 Å². The summed E-state index contributed by atoms with van der Waals surface area (Å²) in [6, 6.07) is 19.6. The Morgan fingerprint density at radius 1 is 0.969 bits per heavy atom. The Morgan fingerprint density at radius 3 is 2.47 bits per heavy atom. The molecule has 0 bridgehead atoms. The Morgan fingerprint density at radius 2 is 1.72 bits per heavy atom. The monoisotopic (exact) mass is 437 g/mol. The van der Waals surface area contributed by atoms with Crippen molar-refractivity contribution in [1.82, 2.24) is 4.90 Å². The van der Waals surface area contributed by atoms with Crippen molar-refractivity contribution in [3.05, 3.63) is 89.5 Å². The summed E-state index contributed by atoms with van der Waals surface area (Å²) in [5.41, 5.74) is 2.39. The fourth-order valence-electron chi connectivity index (χ4n) is 3.66. The number of carbonyl (C=O) groups is 1. The van der Waals surface area contributed by atoms with E-state index in [0.717, 1.165) is 30.8 Å². The van der Waals surface area contributed by atoms with Gasteiger partial charge in [-0.2, -0.15) is 13.2 Å². The van der Waals surface area contributed by atoms with Crippen LogP contribution in [-0.2, 0) is 17.5 Å². The summed E-state index contributed by atoms with van der Waals surface area (Å²) in [5.74, 6) is -0.371. The third-order valence-electron chi connectivity index (χ3n) is 5.38. The molecule has 0 unspecified atom stereocenters. The Kier molecular flexibility index (Phi) is 5.84. The Bertz CT molecular complexity index is 1190. The van der Waals surface area contributed by atoms with Crippen LogP contribution in [0.2, 0.25) is 0 Å². The standard InChI is InChI=1S/C25H22F3N3O/c1-3-30(2)16-17-8-6-11-20(14-17)31-22-13-5-4-12-21(22)23(24(31)32)29-19-10-7-9-18(15-19)25(26,27)28/h4-15H,3,16H2,1-2H3. The van der Waals surface area contributed by atoms with Gasteiger partial charge in [-0.1, -0.05) is 43.3 Å². The molecule has 0 N–H and O–H groups in total. The van der Waals surface area contributed by atoms with E-state index in [1.54, 1.807) is 17.0 Å². The quantitative estimate of drug-likeness (QED) is 0.494. The number of amides is 1. The van der Waals surface area contributed by atoms with Crippen LogP contribution in [0.4, 0.5) is 30.2 Å². The predicted octanol–water partition coefficient (Wildman–Crippen LogP) is 5.96. The van der Waals surface area contributed by atoms with E-state index in [1.165, 1.54) is 12.1 Å². The number of hydrogen-bond donors (Lipinski definition) is 0. The zero-order chi connectivity index (χ0) is 22.9. The van der Waals surface area contributed by atoms with Crippen LogP contribution in [0.1, 0.15) is 23.6 Å². The van der Waals surface area contributed by atoms with Crippen LogP contribution in [0.15, 0.2) is 77.8 Å². The maximum Gasteiger partial charge on any atom is 0.416 e. The average Bonchev–Trinajstić information content (AvgIpc) is 3.05. The van der Waals surface area contributed by atoms with Gasteiger partial charge in [-0.15, -0.1) is 0 Å². The van der Waals surface area contributed by atoms with Gasteiger partial charge in [-0.05, 0) is 55.6 Å². The van der Waals surface area contributed by atoms with Crippen LogP contribution < -0.4 is 4.90 Å². The number of alkyl halides is 3. The Hall–Kier alpha value is -3.45. The molecule has 1 heterocycles. The van der Waals surface area contributed by atoms with Crippen molar-refractivity contribution in [3.63, 3.8) is 0 Å². The van der Waals surface area contributed by atoms with Gasteiger partial charge in [-0.3, -0.25) is 9.69 Å². The number of carbonyl (C=O) groups excluding carboxylic acids is 1. The fraction of sp³-hybridized carbons (Fsp3) is 0.200. The highest BCUT2D eigenvalue weighted by Gasteiger charge is 2.35. The first-order valence-electron chi connectivity index (χ1n) is 10.2. The highest BCUT2D eigenvalue weighted by Crippen LogP contribution is 2.37. The third kappa shape index (κ3) is 4.29. The molecule has 7 heteroatoms. The Labute approximate surface area is 184 Å². The van der Waals surface area contributed by atoms with Crippen molar-refractivity contribution in [1.29, 1.82) is 0 Å². The van der Waals surface area contributed by atoms with Crippen molar-refractivity contribution in [3.8, 4) is 0 Å². The van der Waals surface area contributed by atoms with Crippen molar-refractivity contribution in [2.75, 3.05) is 18.5 Å². The molecule has 0 radical (unpaired) electrons. The molecular formula is C25H22F3N3O. The molecule has 4 nitrogen and oxygen atoms in total. The molecule has 0 atom stereocenters. The number of rotatable bonds is 5. The van der Waals surface area contributed by atoms with Gasteiger partial charge in [0.1, 0.15) is 5.71 Å². The predicted molar refractivity (Wildman–Crippen MR) is 120 cm³/mol. The summed E-state index contributed by atoms with van der Waals surface area (Å²) in [7, 11) is 2.02. The Balaban J connectivity index is 1.76. The van der Waals surface area contributed by atoms with E-state index >= 15 is 0 Å². The van der Waals surface area contributed by atoms with Gasteiger partial charge in [0.25, 0.3) is 5.91 Å². The molecule has 0 aliphatic carbocycles. The molecule has 1 amide bonds. The van der Waals surface area contributed by atoms with E-state index in [0.29, 0.717) is 16.9 Å². The van der Waals surface area contributed by atoms with E-state index in [4.69, 9.17) is 0 Å². The molecule has 0 saturated heterocycles. The lowest BCUT2D eigenvalue weighted by Crippen LogP contribution is -2.25. The summed E-state index contributed by atoms with van der Waals surface area (Å²) in [4.78, 5) is 21.5. The largest absolute Gasteiger partial charge is 0.416 e. The van der Waals surface area contributed by atoms with Gasteiger partial charge in [-0.25, -0.2) is 4.99 Å². The highest BCUT2D eigenvalue weighted by atomic mass is 19.4. The lowest BCUT2D eigenvalue weighted by molar-refractivity contribution is -0.137. The number of benzene rings is 3. The molecule has 4 rings (SSSR count). The molecular weight excluding hydrogens is 415 g/mol. The average molecular weight is 437 g/mol. The number of nitrogens with zero attached hydrogens (tertiary/aromatic N) is 3. The highest BCUT2D eigenvalue weighted by molar-refractivity contribution is 6.56.